The van der Waals surface area contributed by atoms with Crippen molar-refractivity contribution >= 4 is 33.2 Å². The van der Waals surface area contributed by atoms with Crippen LogP contribution in [0.3, 0.4) is 0 Å². The standard InChI is InChI=1S/C25H33N3O4S/c1-3-5-9-24(29)26-20-12-10-19(11-13-20)25(30)27-21-14-16-23(17-15-21)33(31,32)28-18-7-6-8-22(28)4-2/h10-17,22H,3-9,18H2,1-2H3,(H,26,29)(H,27,30). The number of unbranched alkanes of at least 4 members (excludes halogenated alkanes) is 1. The number of carbonyl (C=O) groups is 2. The molecule has 0 aromatic heterocycles. The number of rotatable bonds is 9. The summed E-state index contributed by atoms with van der Waals surface area (Å²) in [5.41, 5.74) is 1.60. The molecule has 1 atom stereocenters. The van der Waals surface area contributed by atoms with Crippen LogP contribution >= 0.6 is 0 Å². The van der Waals surface area contributed by atoms with E-state index in [9.17, 15) is 18.0 Å². The topological polar surface area (TPSA) is 95.6 Å². The summed E-state index contributed by atoms with van der Waals surface area (Å²) in [6.45, 7) is 4.60. The van der Waals surface area contributed by atoms with Crippen LogP contribution < -0.4 is 10.6 Å². The number of anilines is 2. The molecule has 2 aromatic carbocycles. The highest BCUT2D eigenvalue weighted by atomic mass is 32.2. The quantitative estimate of drug-likeness (QED) is 0.537. The van der Waals surface area contributed by atoms with Gasteiger partial charge in [-0.2, -0.15) is 4.31 Å². The molecule has 0 bridgehead atoms. The summed E-state index contributed by atoms with van der Waals surface area (Å²) in [6, 6.07) is 13.0. The largest absolute Gasteiger partial charge is 0.326 e. The smallest absolute Gasteiger partial charge is 0.255 e. The molecule has 0 saturated carbocycles. The van der Waals surface area contributed by atoms with Gasteiger partial charge in [-0.1, -0.05) is 26.7 Å². The van der Waals surface area contributed by atoms with Crippen molar-refractivity contribution < 1.29 is 18.0 Å². The molecule has 1 fully saturated rings. The van der Waals surface area contributed by atoms with Crippen molar-refractivity contribution in [2.45, 2.75) is 69.7 Å². The molecule has 33 heavy (non-hydrogen) atoms. The third-order valence-corrected chi connectivity index (χ3v) is 7.92. The molecule has 0 radical (unpaired) electrons. The molecule has 1 saturated heterocycles. The number of nitrogens with one attached hydrogen (secondary N) is 2. The highest BCUT2D eigenvalue weighted by molar-refractivity contribution is 7.89. The van der Waals surface area contributed by atoms with Gasteiger partial charge in [-0.25, -0.2) is 8.42 Å². The van der Waals surface area contributed by atoms with Gasteiger partial charge in [-0.3, -0.25) is 9.59 Å². The van der Waals surface area contributed by atoms with Crippen molar-refractivity contribution in [1.29, 1.82) is 0 Å². The Morgan fingerprint density at radius 3 is 2.21 bits per heavy atom. The predicted molar refractivity (Wildman–Crippen MR) is 131 cm³/mol. The average Bonchev–Trinajstić information content (AvgIpc) is 2.83. The fourth-order valence-electron chi connectivity index (χ4n) is 4.01. The van der Waals surface area contributed by atoms with Crippen LogP contribution in [0, 0.1) is 0 Å². The van der Waals surface area contributed by atoms with E-state index in [4.69, 9.17) is 0 Å². The minimum absolute atomic E-state index is 0.0427. The van der Waals surface area contributed by atoms with E-state index >= 15 is 0 Å². The fourth-order valence-corrected chi connectivity index (χ4v) is 5.78. The Morgan fingerprint density at radius 2 is 1.58 bits per heavy atom. The lowest BCUT2D eigenvalue weighted by Crippen LogP contribution is -2.43. The van der Waals surface area contributed by atoms with Gasteiger partial charge in [0.15, 0.2) is 0 Å². The van der Waals surface area contributed by atoms with E-state index in [1.807, 2.05) is 13.8 Å². The Kier molecular flexibility index (Phi) is 8.63. The summed E-state index contributed by atoms with van der Waals surface area (Å²) in [5.74, 6) is -0.351. The normalized spacial score (nSPS) is 16.8. The summed E-state index contributed by atoms with van der Waals surface area (Å²) in [5, 5.41) is 5.61. The molecule has 7 nitrogen and oxygen atoms in total. The monoisotopic (exact) mass is 471 g/mol. The van der Waals surface area contributed by atoms with Gasteiger partial charge in [-0.15, -0.1) is 0 Å². The zero-order valence-electron chi connectivity index (χ0n) is 19.3. The van der Waals surface area contributed by atoms with Gasteiger partial charge in [0.1, 0.15) is 0 Å². The maximum Gasteiger partial charge on any atom is 0.255 e. The summed E-state index contributed by atoms with van der Waals surface area (Å²) >= 11 is 0. The maximum absolute atomic E-state index is 13.1. The molecule has 178 valence electrons. The van der Waals surface area contributed by atoms with Crippen molar-refractivity contribution in [2.24, 2.45) is 0 Å². The minimum atomic E-state index is -3.56. The second-order valence-corrected chi connectivity index (χ2v) is 10.3. The zero-order chi connectivity index (χ0) is 23.8. The van der Waals surface area contributed by atoms with Crippen LogP contribution in [-0.4, -0.2) is 37.1 Å². The maximum atomic E-state index is 13.1. The Bertz CT molecular complexity index is 1050. The molecule has 1 heterocycles. The second kappa shape index (κ2) is 11.4. The third kappa shape index (κ3) is 6.42. The van der Waals surface area contributed by atoms with Gasteiger partial charge in [0, 0.05) is 35.9 Å². The molecule has 2 aromatic rings. The SMILES string of the molecule is CCCCC(=O)Nc1ccc(C(=O)Nc2ccc(S(=O)(=O)N3CCCCC3CC)cc2)cc1. The summed E-state index contributed by atoms with van der Waals surface area (Å²) in [7, 11) is -3.56. The first-order valence-electron chi connectivity index (χ1n) is 11.7. The van der Waals surface area contributed by atoms with Crippen LogP contribution in [0.15, 0.2) is 53.4 Å². The van der Waals surface area contributed by atoms with E-state index in [0.717, 1.165) is 38.5 Å². The molecular weight excluding hydrogens is 438 g/mol. The number of nitrogens with zero attached hydrogens (tertiary/aromatic N) is 1. The van der Waals surface area contributed by atoms with Crippen LogP contribution in [0.1, 0.15) is 69.2 Å². The summed E-state index contributed by atoms with van der Waals surface area (Å²) in [4.78, 5) is 24.6. The first-order chi connectivity index (χ1) is 15.8. The lowest BCUT2D eigenvalue weighted by Gasteiger charge is -2.34. The van der Waals surface area contributed by atoms with E-state index in [1.165, 1.54) is 0 Å². The first-order valence-corrected chi connectivity index (χ1v) is 13.1. The molecule has 3 rings (SSSR count). The van der Waals surface area contributed by atoms with Gasteiger partial charge in [0.05, 0.1) is 4.90 Å². The van der Waals surface area contributed by atoms with Crippen molar-refractivity contribution in [2.75, 3.05) is 17.2 Å². The molecule has 2 amide bonds. The van der Waals surface area contributed by atoms with Gasteiger partial charge in [0.2, 0.25) is 15.9 Å². The molecule has 8 heteroatoms. The summed E-state index contributed by atoms with van der Waals surface area (Å²) in [6.07, 6.45) is 5.90. The van der Waals surface area contributed by atoms with Crippen LogP contribution in [0.2, 0.25) is 0 Å². The van der Waals surface area contributed by atoms with E-state index in [-0.39, 0.29) is 22.8 Å². The Labute approximate surface area is 196 Å². The Morgan fingerprint density at radius 1 is 0.939 bits per heavy atom. The second-order valence-electron chi connectivity index (χ2n) is 8.38. The highest BCUT2D eigenvalue weighted by Gasteiger charge is 2.32. The van der Waals surface area contributed by atoms with E-state index in [2.05, 4.69) is 10.6 Å². The number of piperidine rings is 1. The fraction of sp³-hybridized carbons (Fsp3) is 0.440. The number of carbonyl (C=O) groups excluding carboxylic acids is 2. The van der Waals surface area contributed by atoms with Gasteiger partial charge in [-0.05, 0) is 74.2 Å². The molecule has 1 unspecified atom stereocenters. The van der Waals surface area contributed by atoms with E-state index in [0.29, 0.717) is 29.9 Å². The summed E-state index contributed by atoms with van der Waals surface area (Å²) < 4.78 is 27.8. The first kappa shape index (κ1) is 24.9. The van der Waals surface area contributed by atoms with Crippen LogP contribution in [0.4, 0.5) is 11.4 Å². The predicted octanol–water partition coefficient (Wildman–Crippen LogP) is 5.02. The van der Waals surface area contributed by atoms with Crippen LogP contribution in [0.25, 0.3) is 0 Å². The zero-order valence-corrected chi connectivity index (χ0v) is 20.2. The number of amides is 2. The highest BCUT2D eigenvalue weighted by Crippen LogP contribution is 2.27. The van der Waals surface area contributed by atoms with Gasteiger partial charge in [0.25, 0.3) is 5.91 Å². The molecule has 0 aliphatic carbocycles. The Hall–Kier alpha value is -2.71. The molecular formula is C25H33N3O4S. The molecule has 1 aliphatic heterocycles. The minimum Gasteiger partial charge on any atom is -0.326 e. The number of hydrogen-bond acceptors (Lipinski definition) is 4. The third-order valence-electron chi connectivity index (χ3n) is 5.95. The Balaban J connectivity index is 1.62. The van der Waals surface area contributed by atoms with Gasteiger partial charge >= 0.3 is 0 Å². The van der Waals surface area contributed by atoms with Crippen LogP contribution in [-0.2, 0) is 14.8 Å². The molecule has 0 spiro atoms. The molecule has 2 N–H and O–H groups in total. The number of hydrogen-bond donors (Lipinski definition) is 2. The van der Waals surface area contributed by atoms with E-state index in [1.54, 1.807) is 52.8 Å². The lowest BCUT2D eigenvalue weighted by atomic mass is 10.0. The van der Waals surface area contributed by atoms with Gasteiger partial charge < -0.3 is 10.6 Å². The number of benzene rings is 2. The van der Waals surface area contributed by atoms with Crippen molar-refractivity contribution in [3.8, 4) is 0 Å². The van der Waals surface area contributed by atoms with Crippen LogP contribution in [0.5, 0.6) is 0 Å². The van der Waals surface area contributed by atoms with E-state index < -0.39 is 10.0 Å². The average molecular weight is 472 g/mol. The van der Waals surface area contributed by atoms with Crippen molar-refractivity contribution in [3.63, 3.8) is 0 Å². The number of sulfonamides is 1. The van der Waals surface area contributed by atoms with Crippen molar-refractivity contribution in [3.05, 3.63) is 54.1 Å². The lowest BCUT2D eigenvalue weighted by molar-refractivity contribution is -0.116. The molecule has 1 aliphatic rings. The van der Waals surface area contributed by atoms with Crippen molar-refractivity contribution in [1.82, 2.24) is 4.31 Å².